The average molecular weight is 378 g/mol. The fraction of sp³-hybridized carbons (Fsp3) is 0.889. The molecular formula is C18H34O8. The number of esters is 2. The first-order chi connectivity index (χ1) is 12.5. The summed E-state index contributed by atoms with van der Waals surface area (Å²) in [5.41, 5.74) is -1.32. The highest BCUT2D eigenvalue weighted by atomic mass is 16.6. The van der Waals surface area contributed by atoms with E-state index < -0.39 is 17.4 Å². The molecule has 0 radical (unpaired) electrons. The van der Waals surface area contributed by atoms with Gasteiger partial charge in [-0.2, -0.15) is 0 Å². The van der Waals surface area contributed by atoms with Crippen LogP contribution in [0.2, 0.25) is 0 Å². The normalized spacial score (nSPS) is 11.4. The highest BCUT2D eigenvalue weighted by Gasteiger charge is 2.43. The summed E-state index contributed by atoms with van der Waals surface area (Å²) in [6, 6.07) is 0. The Morgan fingerprint density at radius 2 is 1.15 bits per heavy atom. The van der Waals surface area contributed by atoms with Crippen LogP contribution >= 0.6 is 0 Å². The Labute approximate surface area is 156 Å². The molecular weight excluding hydrogens is 344 g/mol. The molecule has 0 aliphatic heterocycles. The molecule has 154 valence electrons. The first-order valence-electron chi connectivity index (χ1n) is 9.00. The number of carbonyl (C=O) groups excluding carboxylic acids is 2. The first-order valence-corrected chi connectivity index (χ1v) is 9.00. The lowest BCUT2D eigenvalue weighted by Gasteiger charge is -2.25. The summed E-state index contributed by atoms with van der Waals surface area (Å²) < 4.78 is 30.6. The Bertz CT molecular complexity index is 344. The number of unbranched alkanes of at least 4 members (excludes halogenated alkanes) is 1. The maximum absolute atomic E-state index is 12.4. The second-order valence-corrected chi connectivity index (χ2v) is 5.92. The van der Waals surface area contributed by atoms with E-state index in [-0.39, 0.29) is 26.4 Å². The molecule has 8 heteroatoms. The molecule has 0 fully saturated rings. The number of ether oxygens (including phenoxy) is 6. The summed E-state index contributed by atoms with van der Waals surface area (Å²) >= 11 is 0. The smallest absolute Gasteiger partial charge is 0.323 e. The molecule has 0 aliphatic rings. The van der Waals surface area contributed by atoms with Crippen molar-refractivity contribution in [3.05, 3.63) is 0 Å². The number of methoxy groups -OCH3 is 2. The zero-order chi connectivity index (χ0) is 19.7. The van der Waals surface area contributed by atoms with Crippen molar-refractivity contribution in [1.29, 1.82) is 0 Å². The minimum absolute atomic E-state index is 0.0810. The van der Waals surface area contributed by atoms with Crippen molar-refractivity contribution >= 4 is 11.9 Å². The van der Waals surface area contributed by atoms with E-state index in [1.807, 2.05) is 6.92 Å². The van der Waals surface area contributed by atoms with Gasteiger partial charge in [-0.25, -0.2) is 0 Å². The van der Waals surface area contributed by atoms with Gasteiger partial charge in [-0.3, -0.25) is 9.59 Å². The van der Waals surface area contributed by atoms with E-state index in [9.17, 15) is 9.59 Å². The lowest BCUT2D eigenvalue weighted by Crippen LogP contribution is -2.40. The van der Waals surface area contributed by atoms with Crippen molar-refractivity contribution in [1.82, 2.24) is 0 Å². The van der Waals surface area contributed by atoms with Crippen LogP contribution in [0, 0.1) is 5.41 Å². The van der Waals surface area contributed by atoms with E-state index in [1.54, 1.807) is 21.1 Å². The van der Waals surface area contributed by atoms with E-state index >= 15 is 0 Å². The molecule has 0 heterocycles. The van der Waals surface area contributed by atoms with Gasteiger partial charge in [-0.1, -0.05) is 19.8 Å². The van der Waals surface area contributed by atoms with Crippen molar-refractivity contribution in [3.63, 3.8) is 0 Å². The van der Waals surface area contributed by atoms with Crippen molar-refractivity contribution in [3.8, 4) is 0 Å². The average Bonchev–Trinajstić information content (AvgIpc) is 2.64. The standard InChI is InChI=1S/C18H34O8/c1-5-6-7-18(2,16(19)25-14-12-23-10-8-21-3)17(20)26-15-13-24-11-9-22-4/h5-15H2,1-4H3. The second-order valence-electron chi connectivity index (χ2n) is 5.92. The van der Waals surface area contributed by atoms with E-state index in [4.69, 9.17) is 28.4 Å². The van der Waals surface area contributed by atoms with Crippen LogP contribution in [0.15, 0.2) is 0 Å². The quantitative estimate of drug-likeness (QED) is 0.214. The molecule has 0 amide bonds. The highest BCUT2D eigenvalue weighted by Crippen LogP contribution is 2.28. The van der Waals surface area contributed by atoms with Crippen LogP contribution in [0.4, 0.5) is 0 Å². The summed E-state index contributed by atoms with van der Waals surface area (Å²) in [7, 11) is 3.16. The zero-order valence-electron chi connectivity index (χ0n) is 16.5. The predicted molar refractivity (Wildman–Crippen MR) is 94.9 cm³/mol. The molecule has 0 aromatic heterocycles. The summed E-state index contributed by atoms with van der Waals surface area (Å²) in [6.07, 6.45) is 1.95. The van der Waals surface area contributed by atoms with Crippen molar-refractivity contribution in [2.75, 3.05) is 67.1 Å². The van der Waals surface area contributed by atoms with Gasteiger partial charge in [-0.15, -0.1) is 0 Å². The minimum atomic E-state index is -1.32. The molecule has 0 atom stereocenters. The molecule has 8 nitrogen and oxygen atoms in total. The van der Waals surface area contributed by atoms with E-state index in [0.29, 0.717) is 32.8 Å². The molecule has 0 aliphatic carbocycles. The van der Waals surface area contributed by atoms with Crippen molar-refractivity contribution in [2.45, 2.75) is 33.1 Å². The van der Waals surface area contributed by atoms with Crippen LogP contribution < -0.4 is 0 Å². The van der Waals surface area contributed by atoms with Crippen LogP contribution in [0.25, 0.3) is 0 Å². The largest absolute Gasteiger partial charge is 0.462 e. The number of carbonyl (C=O) groups is 2. The Hall–Kier alpha value is -1.22. The Morgan fingerprint density at radius 1 is 0.731 bits per heavy atom. The lowest BCUT2D eigenvalue weighted by molar-refractivity contribution is -0.173. The molecule has 0 rings (SSSR count). The molecule has 0 bridgehead atoms. The number of hydrogen-bond donors (Lipinski definition) is 0. The van der Waals surface area contributed by atoms with Gasteiger partial charge in [0, 0.05) is 14.2 Å². The summed E-state index contributed by atoms with van der Waals surface area (Å²) in [5, 5.41) is 0. The van der Waals surface area contributed by atoms with Gasteiger partial charge in [0.05, 0.1) is 39.6 Å². The van der Waals surface area contributed by atoms with Gasteiger partial charge in [0.2, 0.25) is 0 Å². The maximum Gasteiger partial charge on any atom is 0.323 e. The van der Waals surface area contributed by atoms with E-state index in [1.165, 1.54) is 0 Å². The fourth-order valence-electron chi connectivity index (χ4n) is 2.01. The first kappa shape index (κ1) is 24.8. The Kier molecular flexibility index (Phi) is 15.2. The summed E-state index contributed by atoms with van der Waals surface area (Å²) in [5.74, 6) is -1.18. The van der Waals surface area contributed by atoms with E-state index in [2.05, 4.69) is 0 Å². The summed E-state index contributed by atoms with van der Waals surface area (Å²) in [6.45, 7) is 6.01. The molecule has 0 unspecified atom stereocenters. The molecule has 0 aromatic carbocycles. The second kappa shape index (κ2) is 16.0. The highest BCUT2D eigenvalue weighted by molar-refractivity contribution is 5.99. The third kappa shape index (κ3) is 10.7. The van der Waals surface area contributed by atoms with Gasteiger partial charge in [0.25, 0.3) is 0 Å². The third-order valence-corrected chi connectivity index (χ3v) is 3.72. The van der Waals surface area contributed by atoms with Gasteiger partial charge < -0.3 is 28.4 Å². The number of rotatable bonds is 17. The number of hydrogen-bond acceptors (Lipinski definition) is 8. The molecule has 0 aromatic rings. The van der Waals surface area contributed by atoms with Gasteiger partial charge in [0.15, 0.2) is 5.41 Å². The maximum atomic E-state index is 12.4. The Balaban J connectivity index is 4.36. The van der Waals surface area contributed by atoms with Crippen LogP contribution in [-0.2, 0) is 38.0 Å². The topological polar surface area (TPSA) is 89.5 Å². The Morgan fingerprint density at radius 3 is 1.54 bits per heavy atom. The molecule has 0 saturated carbocycles. The van der Waals surface area contributed by atoms with Gasteiger partial charge >= 0.3 is 11.9 Å². The van der Waals surface area contributed by atoms with Crippen LogP contribution in [-0.4, -0.2) is 79.0 Å². The summed E-state index contributed by atoms with van der Waals surface area (Å²) in [4.78, 5) is 24.8. The van der Waals surface area contributed by atoms with Gasteiger partial charge in [0.1, 0.15) is 13.2 Å². The van der Waals surface area contributed by atoms with Crippen molar-refractivity contribution in [2.24, 2.45) is 5.41 Å². The van der Waals surface area contributed by atoms with Crippen LogP contribution in [0.1, 0.15) is 33.1 Å². The molecule has 0 saturated heterocycles. The SMILES string of the molecule is CCCCC(C)(C(=O)OCCOCCOC)C(=O)OCCOCCOC. The van der Waals surface area contributed by atoms with Crippen molar-refractivity contribution < 1.29 is 38.0 Å². The monoisotopic (exact) mass is 378 g/mol. The van der Waals surface area contributed by atoms with Crippen LogP contribution in [0.3, 0.4) is 0 Å². The minimum Gasteiger partial charge on any atom is -0.462 e. The third-order valence-electron chi connectivity index (χ3n) is 3.72. The predicted octanol–water partition coefficient (Wildman–Crippen LogP) is 1.60. The molecule has 0 N–H and O–H groups in total. The van der Waals surface area contributed by atoms with E-state index in [0.717, 1.165) is 12.8 Å². The fourth-order valence-corrected chi connectivity index (χ4v) is 2.01. The zero-order valence-corrected chi connectivity index (χ0v) is 16.5. The van der Waals surface area contributed by atoms with Crippen LogP contribution in [0.5, 0.6) is 0 Å². The molecule has 26 heavy (non-hydrogen) atoms. The van der Waals surface area contributed by atoms with Gasteiger partial charge in [-0.05, 0) is 13.3 Å². The molecule has 0 spiro atoms. The lowest BCUT2D eigenvalue weighted by atomic mass is 9.85.